The van der Waals surface area contributed by atoms with E-state index in [2.05, 4.69) is 0 Å². The molecule has 112 valence electrons. The Balaban J connectivity index is 2.09. The van der Waals surface area contributed by atoms with Gasteiger partial charge >= 0.3 is 5.97 Å². The first kappa shape index (κ1) is 14.4. The zero-order valence-electron chi connectivity index (χ0n) is 12.7. The maximum atomic E-state index is 11.9. The Bertz CT molecular complexity index is 747. The number of phenolic OH excluding ortho intramolecular Hbond substituents is 1. The lowest BCUT2D eigenvalue weighted by Gasteiger charge is -2.09. The van der Waals surface area contributed by atoms with Gasteiger partial charge in [-0.15, -0.1) is 0 Å². The molecule has 2 aromatic rings. The smallest absolute Gasteiger partial charge is 0.344 e. The fraction of sp³-hybridized carbons (Fsp3) is 0.211. The lowest BCUT2D eigenvalue weighted by molar-refractivity contribution is 0.0717. The number of hydrogen-bond acceptors (Lipinski definition) is 3. The average molecular weight is 294 g/mol. The van der Waals surface area contributed by atoms with E-state index in [9.17, 15) is 9.90 Å². The standard InChI is InChI=1S/C19H18O3/c1-3-13-9-12(10-14(4-2)18(13)20)11-17-15-7-5-6-8-16(15)19(21)22-17/h5-11,20H,3-4H2,1-2H3/b17-11+. The van der Waals surface area contributed by atoms with Crippen LogP contribution in [0.15, 0.2) is 36.4 Å². The SMILES string of the molecule is CCc1cc(/C=C2/OC(=O)c3ccccc32)cc(CC)c1O. The van der Waals surface area contributed by atoms with Gasteiger partial charge in [-0.2, -0.15) is 0 Å². The van der Waals surface area contributed by atoms with Gasteiger partial charge in [-0.05, 0) is 53.8 Å². The molecule has 1 aliphatic rings. The molecule has 0 bridgehead atoms. The average Bonchev–Trinajstić information content (AvgIpc) is 2.85. The topological polar surface area (TPSA) is 46.5 Å². The molecule has 0 atom stereocenters. The molecular weight excluding hydrogens is 276 g/mol. The second-order valence-corrected chi connectivity index (χ2v) is 5.34. The fourth-order valence-corrected chi connectivity index (χ4v) is 2.75. The van der Waals surface area contributed by atoms with E-state index in [1.807, 2.05) is 50.3 Å². The van der Waals surface area contributed by atoms with Crippen LogP contribution in [-0.4, -0.2) is 11.1 Å². The minimum atomic E-state index is -0.313. The molecule has 0 aliphatic carbocycles. The summed E-state index contributed by atoms with van der Waals surface area (Å²) in [7, 11) is 0. The molecule has 2 aromatic carbocycles. The molecule has 22 heavy (non-hydrogen) atoms. The van der Waals surface area contributed by atoms with Crippen molar-refractivity contribution in [3.05, 3.63) is 64.2 Å². The second kappa shape index (κ2) is 5.68. The number of fused-ring (bicyclic) bond motifs is 1. The van der Waals surface area contributed by atoms with Crippen LogP contribution < -0.4 is 0 Å². The Labute approximate surface area is 129 Å². The normalized spacial score (nSPS) is 15.0. The number of carbonyl (C=O) groups is 1. The first-order valence-corrected chi connectivity index (χ1v) is 7.52. The van der Waals surface area contributed by atoms with Crippen LogP contribution in [0.1, 0.15) is 46.5 Å². The molecule has 0 spiro atoms. The molecule has 3 heteroatoms. The van der Waals surface area contributed by atoms with E-state index >= 15 is 0 Å². The van der Waals surface area contributed by atoms with Gasteiger partial charge in [0.25, 0.3) is 0 Å². The largest absolute Gasteiger partial charge is 0.507 e. The Morgan fingerprint density at radius 3 is 2.23 bits per heavy atom. The number of aryl methyl sites for hydroxylation is 2. The van der Waals surface area contributed by atoms with Crippen LogP contribution >= 0.6 is 0 Å². The summed E-state index contributed by atoms with van der Waals surface area (Å²) < 4.78 is 5.37. The van der Waals surface area contributed by atoms with Gasteiger partial charge in [0, 0.05) is 5.56 Å². The maximum absolute atomic E-state index is 11.9. The minimum Gasteiger partial charge on any atom is -0.507 e. The van der Waals surface area contributed by atoms with Crippen molar-refractivity contribution in [2.24, 2.45) is 0 Å². The summed E-state index contributed by atoms with van der Waals surface area (Å²) in [4.78, 5) is 11.9. The van der Waals surface area contributed by atoms with Crippen molar-refractivity contribution in [2.75, 3.05) is 0 Å². The van der Waals surface area contributed by atoms with Crippen LogP contribution in [0.3, 0.4) is 0 Å². The minimum absolute atomic E-state index is 0.313. The molecule has 1 aliphatic heterocycles. The van der Waals surface area contributed by atoms with Crippen LogP contribution in [0, 0.1) is 0 Å². The van der Waals surface area contributed by atoms with E-state index < -0.39 is 0 Å². The number of benzene rings is 2. The van der Waals surface area contributed by atoms with E-state index in [1.165, 1.54) is 0 Å². The van der Waals surface area contributed by atoms with Gasteiger partial charge in [-0.3, -0.25) is 0 Å². The van der Waals surface area contributed by atoms with Crippen molar-refractivity contribution in [1.82, 2.24) is 0 Å². The van der Waals surface area contributed by atoms with Crippen LogP contribution in [0.4, 0.5) is 0 Å². The molecule has 0 saturated carbocycles. The lowest BCUT2D eigenvalue weighted by Crippen LogP contribution is -1.93. The predicted octanol–water partition coefficient (Wildman–Crippen LogP) is 4.19. The molecule has 3 rings (SSSR count). The zero-order valence-corrected chi connectivity index (χ0v) is 12.7. The third-order valence-corrected chi connectivity index (χ3v) is 3.96. The van der Waals surface area contributed by atoms with Crippen LogP contribution in [-0.2, 0) is 17.6 Å². The molecule has 0 amide bonds. The summed E-state index contributed by atoms with van der Waals surface area (Å²) in [5.41, 5.74) is 4.16. The summed E-state index contributed by atoms with van der Waals surface area (Å²) in [6, 6.07) is 11.2. The van der Waals surface area contributed by atoms with Crippen molar-refractivity contribution < 1.29 is 14.6 Å². The summed E-state index contributed by atoms with van der Waals surface area (Å²) in [5.74, 6) is 0.624. The lowest BCUT2D eigenvalue weighted by atomic mass is 9.99. The van der Waals surface area contributed by atoms with Crippen molar-refractivity contribution in [1.29, 1.82) is 0 Å². The van der Waals surface area contributed by atoms with Crippen LogP contribution in [0.5, 0.6) is 5.75 Å². The number of phenols is 1. The number of ether oxygens (including phenoxy) is 1. The summed E-state index contributed by atoms with van der Waals surface area (Å²) >= 11 is 0. The van der Waals surface area contributed by atoms with Crippen molar-refractivity contribution in [3.8, 4) is 5.75 Å². The van der Waals surface area contributed by atoms with Gasteiger partial charge in [-0.25, -0.2) is 4.79 Å². The highest BCUT2D eigenvalue weighted by Gasteiger charge is 2.25. The highest BCUT2D eigenvalue weighted by molar-refractivity contribution is 6.05. The number of carbonyl (C=O) groups excluding carboxylic acids is 1. The quantitative estimate of drug-likeness (QED) is 0.864. The van der Waals surface area contributed by atoms with Gasteiger partial charge in [0.2, 0.25) is 0 Å². The number of rotatable bonds is 3. The van der Waals surface area contributed by atoms with Gasteiger partial charge in [0.1, 0.15) is 11.5 Å². The molecule has 0 unspecified atom stereocenters. The van der Waals surface area contributed by atoms with E-state index in [-0.39, 0.29) is 5.97 Å². The third kappa shape index (κ3) is 2.39. The fourth-order valence-electron chi connectivity index (χ4n) is 2.75. The molecule has 0 radical (unpaired) electrons. The number of esters is 1. The highest BCUT2D eigenvalue weighted by Crippen LogP contribution is 2.33. The molecule has 3 nitrogen and oxygen atoms in total. The summed E-state index contributed by atoms with van der Waals surface area (Å²) in [6.45, 7) is 4.02. The number of cyclic esters (lactones) is 1. The number of hydrogen-bond donors (Lipinski definition) is 1. The molecule has 0 fully saturated rings. The van der Waals surface area contributed by atoms with Gasteiger partial charge in [-0.1, -0.05) is 32.0 Å². The van der Waals surface area contributed by atoms with Gasteiger partial charge < -0.3 is 9.84 Å². The highest BCUT2D eigenvalue weighted by atomic mass is 16.5. The van der Waals surface area contributed by atoms with Crippen molar-refractivity contribution >= 4 is 17.8 Å². The first-order valence-electron chi connectivity index (χ1n) is 7.52. The van der Waals surface area contributed by atoms with E-state index in [4.69, 9.17) is 4.74 Å². The second-order valence-electron chi connectivity index (χ2n) is 5.34. The van der Waals surface area contributed by atoms with Crippen LogP contribution in [0.2, 0.25) is 0 Å². The Morgan fingerprint density at radius 1 is 1.05 bits per heavy atom. The van der Waals surface area contributed by atoms with E-state index in [0.717, 1.165) is 35.1 Å². The van der Waals surface area contributed by atoms with Crippen molar-refractivity contribution in [3.63, 3.8) is 0 Å². The third-order valence-electron chi connectivity index (χ3n) is 3.96. The van der Waals surface area contributed by atoms with Gasteiger partial charge in [0.05, 0.1) is 5.56 Å². The van der Waals surface area contributed by atoms with Crippen LogP contribution in [0.25, 0.3) is 11.8 Å². The van der Waals surface area contributed by atoms with E-state index in [0.29, 0.717) is 17.1 Å². The first-order chi connectivity index (χ1) is 10.6. The molecule has 0 saturated heterocycles. The molecular formula is C19H18O3. The monoisotopic (exact) mass is 294 g/mol. The summed E-state index contributed by atoms with van der Waals surface area (Å²) in [6.07, 6.45) is 3.37. The van der Waals surface area contributed by atoms with E-state index in [1.54, 1.807) is 6.07 Å². The Hall–Kier alpha value is -2.55. The predicted molar refractivity (Wildman–Crippen MR) is 86.6 cm³/mol. The Morgan fingerprint density at radius 2 is 1.64 bits per heavy atom. The summed E-state index contributed by atoms with van der Waals surface area (Å²) in [5, 5.41) is 10.2. The molecule has 0 aromatic heterocycles. The van der Waals surface area contributed by atoms with Crippen molar-refractivity contribution in [2.45, 2.75) is 26.7 Å². The molecule has 1 heterocycles. The molecule has 1 N–H and O–H groups in total. The Kier molecular flexibility index (Phi) is 3.72. The zero-order chi connectivity index (χ0) is 15.7. The maximum Gasteiger partial charge on any atom is 0.344 e. The number of aromatic hydroxyl groups is 1. The van der Waals surface area contributed by atoms with Gasteiger partial charge in [0.15, 0.2) is 0 Å².